The number of rotatable bonds is 3. The van der Waals surface area contributed by atoms with Gasteiger partial charge in [-0.1, -0.05) is 17.7 Å². The van der Waals surface area contributed by atoms with Crippen LogP contribution < -0.4 is 5.73 Å². The van der Waals surface area contributed by atoms with Gasteiger partial charge in [-0.15, -0.1) is 5.10 Å². The molecule has 0 bridgehead atoms. The maximum absolute atomic E-state index is 13.9. The Kier molecular flexibility index (Phi) is 4.43. The summed E-state index contributed by atoms with van der Waals surface area (Å²) in [6.45, 7) is 0.613. The number of nitrogen functional groups attached to an aromatic ring is 1. The number of likely N-dealkylation sites (tertiary alicyclic amines) is 1. The van der Waals surface area contributed by atoms with Crippen LogP contribution in [0.4, 0.5) is 10.2 Å². The number of hydrogen-bond donors (Lipinski definition) is 1. The molecule has 1 aromatic carbocycles. The van der Waals surface area contributed by atoms with Crippen molar-refractivity contribution in [2.24, 2.45) is 0 Å². The smallest absolute Gasteiger partial charge is 0.227 e. The molecule has 0 aliphatic carbocycles. The Balaban J connectivity index is 1.80. The fourth-order valence-corrected chi connectivity index (χ4v) is 3.09. The number of carbonyl (C=O) groups excluding carboxylic acids is 1. The zero-order valence-corrected chi connectivity index (χ0v) is 13.1. The van der Waals surface area contributed by atoms with Gasteiger partial charge in [-0.3, -0.25) is 4.79 Å². The van der Waals surface area contributed by atoms with Crippen LogP contribution in [0.2, 0.25) is 5.02 Å². The summed E-state index contributed by atoms with van der Waals surface area (Å²) in [5.74, 6) is -0.297. The molecule has 23 heavy (non-hydrogen) atoms. The van der Waals surface area contributed by atoms with Gasteiger partial charge in [-0.25, -0.2) is 4.39 Å². The number of hydrogen-bond acceptors (Lipinski definition) is 4. The van der Waals surface area contributed by atoms with Crippen LogP contribution in [0.1, 0.15) is 30.1 Å². The van der Waals surface area contributed by atoms with Crippen LogP contribution in [-0.4, -0.2) is 27.5 Å². The molecular formula is C16H16ClFN4O. The van der Waals surface area contributed by atoms with E-state index in [1.54, 1.807) is 23.1 Å². The number of anilines is 1. The summed E-state index contributed by atoms with van der Waals surface area (Å²) in [4.78, 5) is 14.3. The monoisotopic (exact) mass is 334 g/mol. The molecule has 3 rings (SSSR count). The first-order valence-electron chi connectivity index (χ1n) is 7.37. The quantitative estimate of drug-likeness (QED) is 0.936. The van der Waals surface area contributed by atoms with E-state index >= 15 is 0 Å². The van der Waals surface area contributed by atoms with Gasteiger partial charge < -0.3 is 10.6 Å². The van der Waals surface area contributed by atoms with Crippen molar-refractivity contribution >= 4 is 23.3 Å². The van der Waals surface area contributed by atoms with Gasteiger partial charge in [0.25, 0.3) is 0 Å². The summed E-state index contributed by atoms with van der Waals surface area (Å²) in [6, 6.07) is 7.70. The average molecular weight is 335 g/mol. The summed E-state index contributed by atoms with van der Waals surface area (Å²) in [5, 5.41) is 8.17. The van der Waals surface area contributed by atoms with Crippen molar-refractivity contribution in [3.05, 3.63) is 52.4 Å². The number of nitrogens with zero attached hydrogens (tertiary/aromatic N) is 3. The van der Waals surface area contributed by atoms with Gasteiger partial charge in [0.05, 0.1) is 18.2 Å². The van der Waals surface area contributed by atoms with E-state index in [2.05, 4.69) is 10.2 Å². The molecule has 2 aromatic rings. The Morgan fingerprint density at radius 1 is 1.35 bits per heavy atom. The molecule has 2 heterocycles. The summed E-state index contributed by atoms with van der Waals surface area (Å²) in [5.41, 5.74) is 6.47. The molecule has 1 aromatic heterocycles. The van der Waals surface area contributed by atoms with Crippen molar-refractivity contribution in [2.45, 2.75) is 25.3 Å². The predicted octanol–water partition coefficient (Wildman–Crippen LogP) is 2.76. The Labute approximate surface area is 138 Å². The van der Waals surface area contributed by atoms with Crippen LogP contribution >= 0.6 is 11.6 Å². The number of halogens is 2. The normalized spacial score (nSPS) is 17.5. The Hall–Kier alpha value is -2.21. The highest BCUT2D eigenvalue weighted by Crippen LogP contribution is 2.32. The summed E-state index contributed by atoms with van der Waals surface area (Å²) >= 11 is 6.00. The highest BCUT2D eigenvalue weighted by atomic mass is 35.5. The maximum Gasteiger partial charge on any atom is 0.227 e. The highest BCUT2D eigenvalue weighted by molar-refractivity contribution is 6.31. The zero-order valence-electron chi connectivity index (χ0n) is 12.4. The van der Waals surface area contributed by atoms with E-state index in [-0.39, 0.29) is 29.0 Å². The van der Waals surface area contributed by atoms with Crippen LogP contribution in [0.25, 0.3) is 0 Å². The van der Waals surface area contributed by atoms with Crippen LogP contribution in [0.5, 0.6) is 0 Å². The largest absolute Gasteiger partial charge is 0.382 e. The molecule has 120 valence electrons. The van der Waals surface area contributed by atoms with Crippen molar-refractivity contribution < 1.29 is 9.18 Å². The molecule has 0 spiro atoms. The van der Waals surface area contributed by atoms with E-state index in [0.717, 1.165) is 12.8 Å². The molecule has 1 fully saturated rings. The van der Waals surface area contributed by atoms with Gasteiger partial charge >= 0.3 is 0 Å². The molecule has 0 saturated carbocycles. The number of benzene rings is 1. The van der Waals surface area contributed by atoms with Crippen molar-refractivity contribution in [3.63, 3.8) is 0 Å². The highest BCUT2D eigenvalue weighted by Gasteiger charge is 2.31. The van der Waals surface area contributed by atoms with Gasteiger partial charge in [0.1, 0.15) is 11.6 Å². The van der Waals surface area contributed by atoms with Crippen molar-refractivity contribution in [2.75, 3.05) is 12.3 Å². The van der Waals surface area contributed by atoms with E-state index in [0.29, 0.717) is 18.1 Å². The Morgan fingerprint density at radius 2 is 2.17 bits per heavy atom. The summed E-state index contributed by atoms with van der Waals surface area (Å²) in [6.07, 6.45) is 1.60. The molecule has 1 aliphatic rings. The number of nitrogens with two attached hydrogens (primary N) is 1. The Morgan fingerprint density at radius 3 is 2.87 bits per heavy atom. The molecule has 5 nitrogen and oxygen atoms in total. The lowest BCUT2D eigenvalue weighted by atomic mass is 10.1. The summed E-state index contributed by atoms with van der Waals surface area (Å²) in [7, 11) is 0. The van der Waals surface area contributed by atoms with Gasteiger partial charge in [0, 0.05) is 17.1 Å². The number of aromatic nitrogens is 2. The van der Waals surface area contributed by atoms with Crippen LogP contribution in [0.15, 0.2) is 30.3 Å². The maximum atomic E-state index is 13.9. The van der Waals surface area contributed by atoms with E-state index in [9.17, 15) is 9.18 Å². The molecule has 1 unspecified atom stereocenters. The average Bonchev–Trinajstić information content (AvgIpc) is 3.01. The van der Waals surface area contributed by atoms with E-state index in [1.165, 1.54) is 12.1 Å². The van der Waals surface area contributed by atoms with E-state index in [1.807, 2.05) is 0 Å². The molecule has 1 amide bonds. The Bertz CT molecular complexity index is 702. The zero-order chi connectivity index (χ0) is 16.4. The fraction of sp³-hybridized carbons (Fsp3) is 0.312. The van der Waals surface area contributed by atoms with Crippen LogP contribution in [0.3, 0.4) is 0 Å². The van der Waals surface area contributed by atoms with E-state index in [4.69, 9.17) is 17.3 Å². The molecule has 1 saturated heterocycles. The van der Waals surface area contributed by atoms with Crippen molar-refractivity contribution in [1.82, 2.24) is 15.1 Å². The molecule has 1 aliphatic heterocycles. The fourth-order valence-electron chi connectivity index (χ4n) is 2.86. The third kappa shape index (κ3) is 3.27. The van der Waals surface area contributed by atoms with E-state index < -0.39 is 5.82 Å². The molecule has 2 N–H and O–H groups in total. The molecule has 1 atom stereocenters. The van der Waals surface area contributed by atoms with Crippen molar-refractivity contribution in [3.8, 4) is 0 Å². The summed E-state index contributed by atoms with van der Waals surface area (Å²) < 4.78 is 13.9. The number of carbonyl (C=O) groups is 1. The first-order chi connectivity index (χ1) is 11.1. The minimum absolute atomic E-state index is 0.0651. The molecular weight excluding hydrogens is 319 g/mol. The molecule has 0 radical (unpaired) electrons. The van der Waals surface area contributed by atoms with Gasteiger partial charge in [0.15, 0.2) is 0 Å². The van der Waals surface area contributed by atoms with Crippen molar-refractivity contribution in [1.29, 1.82) is 0 Å². The third-order valence-corrected chi connectivity index (χ3v) is 4.36. The molecule has 7 heteroatoms. The van der Waals surface area contributed by atoms with Gasteiger partial charge in [-0.2, -0.15) is 5.10 Å². The minimum atomic E-state index is -0.464. The lowest BCUT2D eigenvalue weighted by molar-refractivity contribution is -0.131. The second-order valence-electron chi connectivity index (χ2n) is 5.51. The SMILES string of the molecule is Nc1ccc(C2CCCN2C(=O)Cc2c(F)cccc2Cl)nn1. The van der Waals surface area contributed by atoms with Gasteiger partial charge in [0.2, 0.25) is 5.91 Å². The minimum Gasteiger partial charge on any atom is -0.382 e. The second kappa shape index (κ2) is 6.50. The standard InChI is InChI=1S/C16H16ClFN4O/c17-11-3-1-4-12(18)10(11)9-16(23)22-8-2-5-14(22)13-6-7-15(19)21-20-13/h1,3-4,6-7,14H,2,5,8-9H2,(H2,19,21). The van der Waals surface area contributed by atoms with Crippen LogP contribution in [-0.2, 0) is 11.2 Å². The van der Waals surface area contributed by atoms with Crippen LogP contribution in [0, 0.1) is 5.82 Å². The lowest BCUT2D eigenvalue weighted by Crippen LogP contribution is -2.32. The first kappa shape index (κ1) is 15.7. The van der Waals surface area contributed by atoms with Gasteiger partial charge in [-0.05, 0) is 37.1 Å². The third-order valence-electron chi connectivity index (χ3n) is 4.01. The predicted molar refractivity (Wildman–Crippen MR) is 85.2 cm³/mol. The first-order valence-corrected chi connectivity index (χ1v) is 7.75. The second-order valence-corrected chi connectivity index (χ2v) is 5.91. The number of amides is 1. The topological polar surface area (TPSA) is 72.1 Å². The lowest BCUT2D eigenvalue weighted by Gasteiger charge is -2.24.